The molecule has 1 amide bonds. The van der Waals surface area contributed by atoms with Gasteiger partial charge in [0.1, 0.15) is 5.82 Å². The standard InChI is InChI=1S/C15H16F2N4O/c1-20-7-8-21(9-12(20)14-18-5-6-19-14)15(22)10-3-2-4-11(16)13(10)17/h2-6,12H,7-9H2,1H3,(H,18,19)/t12-/m0/s1. The van der Waals surface area contributed by atoms with Crippen molar-refractivity contribution in [3.8, 4) is 0 Å². The Hall–Kier alpha value is -2.28. The van der Waals surface area contributed by atoms with Crippen LogP contribution in [0, 0.1) is 11.6 Å². The van der Waals surface area contributed by atoms with Crippen LogP contribution in [0.25, 0.3) is 0 Å². The van der Waals surface area contributed by atoms with Gasteiger partial charge in [0.2, 0.25) is 0 Å². The number of H-pyrrole nitrogens is 1. The van der Waals surface area contributed by atoms with E-state index in [-0.39, 0.29) is 11.6 Å². The fourth-order valence-corrected chi connectivity index (χ4v) is 2.65. The van der Waals surface area contributed by atoms with Gasteiger partial charge in [-0.15, -0.1) is 0 Å². The summed E-state index contributed by atoms with van der Waals surface area (Å²) in [5, 5.41) is 0. The first-order valence-corrected chi connectivity index (χ1v) is 7.00. The molecule has 1 saturated heterocycles. The zero-order valence-corrected chi connectivity index (χ0v) is 12.1. The van der Waals surface area contributed by atoms with E-state index in [1.807, 2.05) is 7.05 Å². The Morgan fingerprint density at radius 1 is 1.36 bits per heavy atom. The first-order valence-electron chi connectivity index (χ1n) is 7.00. The quantitative estimate of drug-likeness (QED) is 0.921. The van der Waals surface area contributed by atoms with Gasteiger partial charge in [0.05, 0.1) is 11.6 Å². The molecule has 5 nitrogen and oxygen atoms in total. The molecule has 1 aliphatic heterocycles. The van der Waals surface area contributed by atoms with Crippen LogP contribution in [0.4, 0.5) is 8.78 Å². The van der Waals surface area contributed by atoms with Crippen molar-refractivity contribution in [3.05, 3.63) is 53.6 Å². The summed E-state index contributed by atoms with van der Waals surface area (Å²) in [6, 6.07) is 3.55. The topological polar surface area (TPSA) is 52.2 Å². The predicted molar refractivity (Wildman–Crippen MR) is 76.2 cm³/mol. The van der Waals surface area contributed by atoms with Gasteiger partial charge in [-0.2, -0.15) is 0 Å². The second-order valence-corrected chi connectivity index (χ2v) is 5.32. The number of piperazine rings is 1. The van der Waals surface area contributed by atoms with E-state index in [9.17, 15) is 13.6 Å². The van der Waals surface area contributed by atoms with Gasteiger partial charge in [-0.3, -0.25) is 9.69 Å². The third-order valence-corrected chi connectivity index (χ3v) is 3.95. The third-order valence-electron chi connectivity index (χ3n) is 3.95. The second kappa shape index (κ2) is 5.84. The van der Waals surface area contributed by atoms with Crippen molar-refractivity contribution in [1.82, 2.24) is 19.8 Å². The molecule has 7 heteroatoms. The van der Waals surface area contributed by atoms with Gasteiger partial charge in [0.15, 0.2) is 11.6 Å². The molecule has 2 heterocycles. The van der Waals surface area contributed by atoms with E-state index in [0.717, 1.165) is 11.9 Å². The second-order valence-electron chi connectivity index (χ2n) is 5.32. The number of nitrogens with zero attached hydrogens (tertiary/aromatic N) is 3. The molecule has 3 rings (SSSR count). The molecule has 0 spiro atoms. The summed E-state index contributed by atoms with van der Waals surface area (Å²) in [5.41, 5.74) is -0.234. The number of aromatic amines is 1. The average molecular weight is 306 g/mol. The number of benzene rings is 1. The number of hydrogen-bond acceptors (Lipinski definition) is 3. The monoisotopic (exact) mass is 306 g/mol. The van der Waals surface area contributed by atoms with Gasteiger partial charge in [-0.05, 0) is 19.2 Å². The third kappa shape index (κ3) is 2.59. The first kappa shape index (κ1) is 14.6. The fourth-order valence-electron chi connectivity index (χ4n) is 2.65. The molecule has 1 aromatic carbocycles. The van der Waals surface area contributed by atoms with Crippen LogP contribution in [-0.2, 0) is 0 Å². The van der Waals surface area contributed by atoms with Crippen LogP contribution >= 0.6 is 0 Å². The number of halogens is 2. The fraction of sp³-hybridized carbons (Fsp3) is 0.333. The Balaban J connectivity index is 1.83. The predicted octanol–water partition coefficient (Wildman–Crippen LogP) is 1.82. The lowest BCUT2D eigenvalue weighted by atomic mass is 10.1. The minimum atomic E-state index is -1.10. The van der Waals surface area contributed by atoms with E-state index in [0.29, 0.717) is 19.6 Å². The minimum Gasteiger partial charge on any atom is -0.347 e. The highest BCUT2D eigenvalue weighted by Crippen LogP contribution is 2.23. The van der Waals surface area contributed by atoms with E-state index in [1.165, 1.54) is 17.0 Å². The number of aromatic nitrogens is 2. The van der Waals surface area contributed by atoms with Crippen LogP contribution in [-0.4, -0.2) is 52.4 Å². The van der Waals surface area contributed by atoms with Crippen molar-refractivity contribution < 1.29 is 13.6 Å². The molecule has 116 valence electrons. The van der Waals surface area contributed by atoms with E-state index < -0.39 is 17.5 Å². The molecule has 1 aromatic heterocycles. The molecule has 0 saturated carbocycles. The summed E-state index contributed by atoms with van der Waals surface area (Å²) in [5.74, 6) is -1.86. The van der Waals surface area contributed by atoms with E-state index in [2.05, 4.69) is 14.9 Å². The van der Waals surface area contributed by atoms with Gasteiger partial charge < -0.3 is 9.88 Å². The first-order chi connectivity index (χ1) is 10.6. The number of likely N-dealkylation sites (N-methyl/N-ethyl adjacent to an activating group) is 1. The maximum atomic E-state index is 13.8. The summed E-state index contributed by atoms with van der Waals surface area (Å²) in [4.78, 5) is 23.3. The van der Waals surface area contributed by atoms with Crippen LogP contribution in [0.1, 0.15) is 22.2 Å². The lowest BCUT2D eigenvalue weighted by Gasteiger charge is -2.38. The van der Waals surface area contributed by atoms with Crippen molar-refractivity contribution in [3.63, 3.8) is 0 Å². The van der Waals surface area contributed by atoms with Crippen LogP contribution in [0.3, 0.4) is 0 Å². The summed E-state index contributed by atoms with van der Waals surface area (Å²) in [6.07, 6.45) is 3.37. The molecule has 0 bridgehead atoms. The van der Waals surface area contributed by atoms with Crippen LogP contribution < -0.4 is 0 Å². The lowest BCUT2D eigenvalue weighted by molar-refractivity contribution is 0.0529. The number of hydrogen-bond donors (Lipinski definition) is 1. The number of imidazole rings is 1. The maximum absolute atomic E-state index is 13.8. The Morgan fingerprint density at radius 3 is 2.91 bits per heavy atom. The van der Waals surface area contributed by atoms with Crippen LogP contribution in [0.2, 0.25) is 0 Å². The number of nitrogens with one attached hydrogen (secondary N) is 1. The van der Waals surface area contributed by atoms with Crippen molar-refractivity contribution in [2.24, 2.45) is 0 Å². The van der Waals surface area contributed by atoms with Gasteiger partial charge >= 0.3 is 0 Å². The molecular formula is C15H16F2N4O. The molecule has 22 heavy (non-hydrogen) atoms. The SMILES string of the molecule is CN1CCN(C(=O)c2cccc(F)c2F)C[C@H]1c1ncc[nH]1. The summed E-state index contributed by atoms with van der Waals surface area (Å²) in [7, 11) is 1.94. The molecule has 1 fully saturated rings. The van der Waals surface area contributed by atoms with Crippen LogP contribution in [0.5, 0.6) is 0 Å². The summed E-state index contributed by atoms with van der Waals surface area (Å²) >= 11 is 0. The van der Waals surface area contributed by atoms with Gasteiger partial charge in [0.25, 0.3) is 5.91 Å². The van der Waals surface area contributed by atoms with Gasteiger partial charge in [-0.1, -0.05) is 6.07 Å². The van der Waals surface area contributed by atoms with Crippen molar-refractivity contribution in [2.45, 2.75) is 6.04 Å². The molecule has 0 radical (unpaired) electrons. The molecule has 1 aliphatic rings. The molecule has 0 unspecified atom stereocenters. The molecular weight excluding hydrogens is 290 g/mol. The van der Waals surface area contributed by atoms with Crippen molar-refractivity contribution in [2.75, 3.05) is 26.7 Å². The normalized spacial score (nSPS) is 19.4. The van der Waals surface area contributed by atoms with Crippen LogP contribution in [0.15, 0.2) is 30.6 Å². The van der Waals surface area contributed by atoms with Gasteiger partial charge in [-0.25, -0.2) is 13.8 Å². The molecule has 1 atom stereocenters. The molecule has 0 aliphatic carbocycles. The highest BCUT2D eigenvalue weighted by Gasteiger charge is 2.31. The van der Waals surface area contributed by atoms with E-state index in [4.69, 9.17) is 0 Å². The highest BCUT2D eigenvalue weighted by molar-refractivity contribution is 5.94. The summed E-state index contributed by atoms with van der Waals surface area (Å²) in [6.45, 7) is 1.47. The number of carbonyl (C=O) groups is 1. The smallest absolute Gasteiger partial charge is 0.257 e. The van der Waals surface area contributed by atoms with E-state index >= 15 is 0 Å². The van der Waals surface area contributed by atoms with Crippen molar-refractivity contribution in [1.29, 1.82) is 0 Å². The maximum Gasteiger partial charge on any atom is 0.257 e. The number of rotatable bonds is 2. The number of carbonyl (C=O) groups excluding carboxylic acids is 1. The highest BCUT2D eigenvalue weighted by atomic mass is 19.2. The number of amides is 1. The van der Waals surface area contributed by atoms with Crippen molar-refractivity contribution >= 4 is 5.91 Å². The average Bonchev–Trinajstić information content (AvgIpc) is 3.04. The lowest BCUT2D eigenvalue weighted by Crippen LogP contribution is -2.49. The summed E-state index contributed by atoms with van der Waals surface area (Å²) < 4.78 is 27.1. The Bertz CT molecular complexity index is 674. The molecule has 1 N–H and O–H groups in total. The Kier molecular flexibility index (Phi) is 3.89. The Morgan fingerprint density at radius 2 is 2.18 bits per heavy atom. The molecule has 2 aromatic rings. The minimum absolute atomic E-state index is 0.0932. The van der Waals surface area contributed by atoms with Gasteiger partial charge in [0, 0.05) is 32.0 Å². The Labute approximate surface area is 126 Å². The zero-order chi connectivity index (χ0) is 15.7. The largest absolute Gasteiger partial charge is 0.347 e. The zero-order valence-electron chi connectivity index (χ0n) is 12.1. The van der Waals surface area contributed by atoms with E-state index in [1.54, 1.807) is 12.4 Å².